The summed E-state index contributed by atoms with van der Waals surface area (Å²) in [5, 5.41) is 5.61. The molecular weight excluding hydrogens is 340 g/mol. The average Bonchev–Trinajstić information content (AvgIpc) is 2.90. The number of carbonyl (C=O) groups is 2. The third kappa shape index (κ3) is 3.72. The second kappa shape index (κ2) is 7.27. The first-order valence-corrected chi connectivity index (χ1v) is 8.93. The molecule has 0 radical (unpaired) electrons. The monoisotopic (exact) mass is 364 g/mol. The molecule has 2 N–H and O–H groups in total. The van der Waals surface area contributed by atoms with E-state index in [1.165, 1.54) is 6.92 Å². The number of ether oxygens (including phenoxy) is 1. The smallest absolute Gasteiger partial charge is 0.256 e. The third-order valence-electron chi connectivity index (χ3n) is 4.66. The highest BCUT2D eigenvalue weighted by Crippen LogP contribution is 2.37. The fourth-order valence-corrected chi connectivity index (χ4v) is 3.27. The molecule has 2 aromatic rings. The quantitative estimate of drug-likeness (QED) is 0.781. The van der Waals surface area contributed by atoms with Crippen LogP contribution in [-0.2, 0) is 9.59 Å². The number of benzene rings is 2. The van der Waals surface area contributed by atoms with Crippen LogP contribution < -0.4 is 15.4 Å². The zero-order valence-corrected chi connectivity index (χ0v) is 16.3. The summed E-state index contributed by atoms with van der Waals surface area (Å²) in [4.78, 5) is 23.8. The van der Waals surface area contributed by atoms with Crippen LogP contribution in [0.2, 0.25) is 0 Å². The molecule has 0 bridgehead atoms. The highest BCUT2D eigenvalue weighted by atomic mass is 16.5. The van der Waals surface area contributed by atoms with E-state index in [4.69, 9.17) is 4.74 Å². The van der Waals surface area contributed by atoms with E-state index in [1.54, 1.807) is 19.2 Å². The molecular formula is C22H24N2O3. The Balaban J connectivity index is 2.05. The number of nitrogens with one attached hydrogen (secondary N) is 2. The molecule has 2 aromatic carbocycles. The number of aryl methyl sites for hydroxylation is 1. The van der Waals surface area contributed by atoms with Gasteiger partial charge < -0.3 is 15.4 Å². The Morgan fingerprint density at radius 1 is 1.22 bits per heavy atom. The van der Waals surface area contributed by atoms with Crippen LogP contribution in [0.1, 0.15) is 48.9 Å². The lowest BCUT2D eigenvalue weighted by Gasteiger charge is -2.15. The van der Waals surface area contributed by atoms with Gasteiger partial charge in [0, 0.05) is 23.7 Å². The largest absolute Gasteiger partial charge is 0.496 e. The number of hydrogen-bond acceptors (Lipinski definition) is 3. The van der Waals surface area contributed by atoms with Crippen LogP contribution in [-0.4, -0.2) is 18.9 Å². The first-order chi connectivity index (χ1) is 12.8. The normalized spacial score (nSPS) is 14.3. The third-order valence-corrected chi connectivity index (χ3v) is 4.66. The van der Waals surface area contributed by atoms with Gasteiger partial charge in [0.25, 0.3) is 5.91 Å². The number of anilines is 2. The van der Waals surface area contributed by atoms with E-state index in [9.17, 15) is 9.59 Å². The molecule has 0 saturated heterocycles. The van der Waals surface area contributed by atoms with E-state index in [1.807, 2.05) is 25.1 Å². The zero-order chi connectivity index (χ0) is 19.7. The maximum Gasteiger partial charge on any atom is 0.256 e. The van der Waals surface area contributed by atoms with Crippen molar-refractivity contribution in [3.8, 4) is 5.75 Å². The molecule has 0 aliphatic carbocycles. The predicted octanol–water partition coefficient (Wildman–Crippen LogP) is 4.58. The molecule has 5 heteroatoms. The molecule has 1 heterocycles. The van der Waals surface area contributed by atoms with Crippen molar-refractivity contribution in [2.75, 3.05) is 17.7 Å². The van der Waals surface area contributed by atoms with Crippen molar-refractivity contribution < 1.29 is 14.3 Å². The Kier molecular flexibility index (Phi) is 5.04. The van der Waals surface area contributed by atoms with Crippen molar-refractivity contribution in [2.45, 2.75) is 33.6 Å². The van der Waals surface area contributed by atoms with Crippen LogP contribution in [0.25, 0.3) is 11.6 Å². The van der Waals surface area contributed by atoms with E-state index in [0.29, 0.717) is 22.9 Å². The van der Waals surface area contributed by atoms with Gasteiger partial charge in [0.15, 0.2) is 0 Å². The lowest BCUT2D eigenvalue weighted by atomic mass is 9.94. The minimum Gasteiger partial charge on any atom is -0.496 e. The highest BCUT2D eigenvalue weighted by molar-refractivity contribution is 6.35. The summed E-state index contributed by atoms with van der Waals surface area (Å²) < 4.78 is 5.50. The molecule has 3 rings (SSSR count). The van der Waals surface area contributed by atoms with E-state index >= 15 is 0 Å². The highest BCUT2D eigenvalue weighted by Gasteiger charge is 2.25. The van der Waals surface area contributed by atoms with Crippen LogP contribution in [0.15, 0.2) is 30.3 Å². The maximum absolute atomic E-state index is 12.5. The molecule has 140 valence electrons. The summed E-state index contributed by atoms with van der Waals surface area (Å²) in [6.45, 7) is 7.69. The van der Waals surface area contributed by atoms with Crippen molar-refractivity contribution in [3.63, 3.8) is 0 Å². The van der Waals surface area contributed by atoms with Gasteiger partial charge in [-0.15, -0.1) is 0 Å². The van der Waals surface area contributed by atoms with Gasteiger partial charge in [0.05, 0.1) is 12.8 Å². The summed E-state index contributed by atoms with van der Waals surface area (Å²) >= 11 is 0. The van der Waals surface area contributed by atoms with E-state index in [2.05, 4.69) is 30.5 Å². The number of fused-ring (bicyclic) bond motifs is 1. The number of hydrogen-bond donors (Lipinski definition) is 2. The predicted molar refractivity (Wildman–Crippen MR) is 109 cm³/mol. The van der Waals surface area contributed by atoms with Crippen molar-refractivity contribution in [2.24, 2.45) is 0 Å². The Morgan fingerprint density at radius 2 is 1.96 bits per heavy atom. The van der Waals surface area contributed by atoms with E-state index in [0.717, 1.165) is 28.0 Å². The minimum absolute atomic E-state index is 0.147. The van der Waals surface area contributed by atoms with Crippen LogP contribution in [0.3, 0.4) is 0 Å². The number of carbonyl (C=O) groups excluding carboxylic acids is 2. The van der Waals surface area contributed by atoms with Crippen LogP contribution in [0, 0.1) is 6.92 Å². The molecule has 5 nitrogen and oxygen atoms in total. The van der Waals surface area contributed by atoms with Crippen LogP contribution in [0.4, 0.5) is 11.4 Å². The van der Waals surface area contributed by atoms with Gasteiger partial charge in [0.1, 0.15) is 5.75 Å². The topological polar surface area (TPSA) is 67.4 Å². The summed E-state index contributed by atoms with van der Waals surface area (Å²) in [6.07, 6.45) is 1.92. The van der Waals surface area contributed by atoms with Crippen molar-refractivity contribution in [1.82, 2.24) is 0 Å². The van der Waals surface area contributed by atoms with Crippen molar-refractivity contribution in [1.29, 1.82) is 0 Å². The maximum atomic E-state index is 12.5. The molecule has 0 spiro atoms. The van der Waals surface area contributed by atoms with Gasteiger partial charge in [-0.3, -0.25) is 9.59 Å². The average molecular weight is 364 g/mol. The Bertz CT molecular complexity index is 958. The molecule has 2 amide bonds. The summed E-state index contributed by atoms with van der Waals surface area (Å²) in [7, 11) is 1.67. The van der Waals surface area contributed by atoms with Crippen LogP contribution in [0.5, 0.6) is 5.75 Å². The van der Waals surface area contributed by atoms with Gasteiger partial charge in [-0.05, 0) is 59.9 Å². The van der Waals surface area contributed by atoms with Gasteiger partial charge >= 0.3 is 0 Å². The van der Waals surface area contributed by atoms with Crippen molar-refractivity contribution >= 4 is 34.8 Å². The van der Waals surface area contributed by atoms with E-state index < -0.39 is 0 Å². The molecule has 0 unspecified atom stereocenters. The minimum atomic E-state index is -0.148. The second-order valence-electron chi connectivity index (χ2n) is 7.06. The lowest BCUT2D eigenvalue weighted by molar-refractivity contribution is -0.114. The van der Waals surface area contributed by atoms with Crippen LogP contribution >= 0.6 is 0 Å². The molecule has 1 aliphatic rings. The molecule has 27 heavy (non-hydrogen) atoms. The standard InChI is InChI=1S/C22H24N2O3/c1-12(2)18-9-15(13(3)8-21(18)27-5)10-19-17-7-6-16(23-14(4)25)11-20(17)24-22(19)26/h6-12H,1-5H3,(H,23,25)(H,24,26). The van der Waals surface area contributed by atoms with Gasteiger partial charge in [-0.25, -0.2) is 0 Å². The molecule has 0 fully saturated rings. The molecule has 1 aliphatic heterocycles. The molecule has 0 saturated carbocycles. The van der Waals surface area contributed by atoms with Gasteiger partial charge in [-0.2, -0.15) is 0 Å². The fraction of sp³-hybridized carbons (Fsp3) is 0.273. The first-order valence-electron chi connectivity index (χ1n) is 8.93. The van der Waals surface area contributed by atoms with Gasteiger partial charge in [-0.1, -0.05) is 19.9 Å². The number of amides is 2. The summed E-state index contributed by atoms with van der Waals surface area (Å²) in [5.41, 5.74) is 5.94. The molecule has 0 atom stereocenters. The summed E-state index contributed by atoms with van der Waals surface area (Å²) in [5.74, 6) is 0.875. The Hall–Kier alpha value is -3.08. The first kappa shape index (κ1) is 18.7. The Morgan fingerprint density at radius 3 is 2.59 bits per heavy atom. The Labute approximate surface area is 159 Å². The summed E-state index contributed by atoms with van der Waals surface area (Å²) in [6, 6.07) is 9.52. The fourth-order valence-electron chi connectivity index (χ4n) is 3.27. The SMILES string of the molecule is COc1cc(C)c(C=C2C(=O)Nc3cc(NC(C)=O)ccc32)cc1C(C)C. The second-order valence-corrected chi connectivity index (χ2v) is 7.06. The zero-order valence-electron chi connectivity index (χ0n) is 16.3. The van der Waals surface area contributed by atoms with E-state index in [-0.39, 0.29) is 11.8 Å². The molecule has 0 aromatic heterocycles. The number of methoxy groups -OCH3 is 1. The van der Waals surface area contributed by atoms with Crippen molar-refractivity contribution in [3.05, 3.63) is 52.6 Å². The lowest BCUT2D eigenvalue weighted by Crippen LogP contribution is -2.06. The van der Waals surface area contributed by atoms with Gasteiger partial charge in [0.2, 0.25) is 5.91 Å². The number of rotatable bonds is 4.